The highest BCUT2D eigenvalue weighted by molar-refractivity contribution is 8.00. The van der Waals surface area contributed by atoms with Crippen LogP contribution in [0.15, 0.2) is 108 Å². The Balaban J connectivity index is 1.48. The zero-order chi connectivity index (χ0) is 31.6. The van der Waals surface area contributed by atoms with Crippen LogP contribution in [0.4, 0.5) is 11.4 Å². The van der Waals surface area contributed by atoms with E-state index >= 15 is 0 Å². The maximum Gasteiger partial charge on any atom is 0.337 e. The number of carboxylic acids is 1. The molecule has 0 fully saturated rings. The molecule has 0 aliphatic heterocycles. The predicted octanol–water partition coefficient (Wildman–Crippen LogP) is 6.58. The Morgan fingerprint density at radius 1 is 0.864 bits per heavy atom. The SMILES string of the molecule is COc1cccc(/C=C(\NC(=O)c2ccccc2)C(=O)Nc2cccc(SC(C)C(=O)Nc3ccc(Cl)c(C(=O)O)c3)c2)c1. The van der Waals surface area contributed by atoms with Gasteiger partial charge in [0, 0.05) is 21.8 Å². The molecule has 0 saturated heterocycles. The smallest absolute Gasteiger partial charge is 0.337 e. The van der Waals surface area contributed by atoms with Crippen LogP contribution < -0.4 is 20.7 Å². The summed E-state index contributed by atoms with van der Waals surface area (Å²) in [5, 5.41) is 17.0. The second-order valence-electron chi connectivity index (χ2n) is 9.39. The molecule has 0 radical (unpaired) electrons. The molecule has 44 heavy (non-hydrogen) atoms. The number of hydrogen-bond donors (Lipinski definition) is 4. The van der Waals surface area contributed by atoms with Gasteiger partial charge in [0.2, 0.25) is 5.91 Å². The number of nitrogens with one attached hydrogen (secondary N) is 3. The van der Waals surface area contributed by atoms with Crippen LogP contribution in [0.1, 0.15) is 33.2 Å². The third kappa shape index (κ3) is 8.73. The first kappa shape index (κ1) is 31.9. The first-order chi connectivity index (χ1) is 21.1. The number of benzene rings is 4. The van der Waals surface area contributed by atoms with Crippen LogP contribution >= 0.6 is 23.4 Å². The van der Waals surface area contributed by atoms with Crippen molar-refractivity contribution >= 4 is 64.5 Å². The van der Waals surface area contributed by atoms with Crippen molar-refractivity contribution < 1.29 is 29.0 Å². The molecule has 0 heterocycles. The molecule has 3 amide bonds. The molecule has 4 rings (SSSR count). The number of thioether (sulfide) groups is 1. The van der Waals surface area contributed by atoms with Gasteiger partial charge in [-0.15, -0.1) is 11.8 Å². The predicted molar refractivity (Wildman–Crippen MR) is 172 cm³/mol. The fourth-order valence-electron chi connectivity index (χ4n) is 3.95. The van der Waals surface area contributed by atoms with Gasteiger partial charge in [0.25, 0.3) is 11.8 Å². The Morgan fingerprint density at radius 3 is 2.32 bits per heavy atom. The lowest BCUT2D eigenvalue weighted by Crippen LogP contribution is -2.30. The van der Waals surface area contributed by atoms with Crippen LogP contribution in [-0.4, -0.2) is 41.2 Å². The summed E-state index contributed by atoms with van der Waals surface area (Å²) in [6.07, 6.45) is 1.55. The molecule has 0 aromatic heterocycles. The lowest BCUT2D eigenvalue weighted by molar-refractivity contribution is -0.115. The van der Waals surface area contributed by atoms with E-state index < -0.39 is 23.0 Å². The van der Waals surface area contributed by atoms with Crippen LogP contribution in [0.25, 0.3) is 6.08 Å². The number of methoxy groups -OCH3 is 1. The number of carboxylic acid groups (broad SMARTS) is 1. The van der Waals surface area contributed by atoms with Crippen LogP contribution in [0.2, 0.25) is 5.02 Å². The zero-order valence-electron chi connectivity index (χ0n) is 23.7. The summed E-state index contributed by atoms with van der Waals surface area (Å²) in [6.45, 7) is 1.70. The summed E-state index contributed by atoms with van der Waals surface area (Å²) in [5.74, 6) is -1.96. The van der Waals surface area contributed by atoms with Gasteiger partial charge < -0.3 is 25.8 Å². The van der Waals surface area contributed by atoms with Crippen molar-refractivity contribution in [3.05, 3.63) is 124 Å². The van der Waals surface area contributed by atoms with E-state index in [1.165, 1.54) is 37.1 Å². The lowest BCUT2D eigenvalue weighted by atomic mass is 10.1. The largest absolute Gasteiger partial charge is 0.497 e. The minimum atomic E-state index is -1.20. The van der Waals surface area contributed by atoms with Gasteiger partial charge in [0.1, 0.15) is 11.4 Å². The number of ether oxygens (including phenoxy) is 1. The van der Waals surface area contributed by atoms with E-state index in [0.717, 1.165) is 0 Å². The lowest BCUT2D eigenvalue weighted by Gasteiger charge is -2.14. The molecule has 0 spiro atoms. The molecule has 11 heteroatoms. The third-order valence-corrected chi connectivity index (χ3v) is 7.60. The number of carbonyl (C=O) groups excluding carboxylic acids is 3. The van der Waals surface area contributed by atoms with Crippen molar-refractivity contribution in [3.63, 3.8) is 0 Å². The van der Waals surface area contributed by atoms with Gasteiger partial charge in [0.05, 0.1) is 22.9 Å². The van der Waals surface area contributed by atoms with Crippen LogP contribution in [0.3, 0.4) is 0 Å². The van der Waals surface area contributed by atoms with Crippen molar-refractivity contribution in [3.8, 4) is 5.75 Å². The van der Waals surface area contributed by atoms with E-state index in [4.69, 9.17) is 16.3 Å². The number of aromatic carboxylic acids is 1. The van der Waals surface area contributed by atoms with Crippen molar-refractivity contribution in [2.75, 3.05) is 17.7 Å². The molecular weight excluding hydrogens is 602 g/mol. The third-order valence-electron chi connectivity index (χ3n) is 6.17. The van der Waals surface area contributed by atoms with Gasteiger partial charge in [-0.25, -0.2) is 4.79 Å². The normalized spacial score (nSPS) is 11.7. The summed E-state index contributed by atoms with van der Waals surface area (Å²) < 4.78 is 5.28. The summed E-state index contributed by atoms with van der Waals surface area (Å²) in [5.41, 5.74) is 1.68. The van der Waals surface area contributed by atoms with E-state index in [9.17, 15) is 24.3 Å². The Morgan fingerprint density at radius 2 is 1.59 bits per heavy atom. The van der Waals surface area contributed by atoms with Gasteiger partial charge in [-0.3, -0.25) is 14.4 Å². The van der Waals surface area contributed by atoms with Gasteiger partial charge in [0.15, 0.2) is 0 Å². The van der Waals surface area contributed by atoms with Crippen molar-refractivity contribution in [1.82, 2.24) is 5.32 Å². The van der Waals surface area contributed by atoms with Gasteiger partial charge in [-0.2, -0.15) is 0 Å². The highest BCUT2D eigenvalue weighted by atomic mass is 35.5. The van der Waals surface area contributed by atoms with E-state index in [1.807, 2.05) is 0 Å². The highest BCUT2D eigenvalue weighted by Crippen LogP contribution is 2.28. The zero-order valence-corrected chi connectivity index (χ0v) is 25.2. The second-order valence-corrected chi connectivity index (χ2v) is 11.2. The number of amides is 3. The monoisotopic (exact) mass is 629 g/mol. The molecule has 0 saturated carbocycles. The van der Waals surface area contributed by atoms with Crippen LogP contribution in [0.5, 0.6) is 5.75 Å². The quantitative estimate of drug-likeness (QED) is 0.109. The molecule has 9 nitrogen and oxygen atoms in total. The van der Waals surface area contributed by atoms with E-state index in [2.05, 4.69) is 16.0 Å². The highest BCUT2D eigenvalue weighted by Gasteiger charge is 2.18. The number of hydrogen-bond acceptors (Lipinski definition) is 6. The van der Waals surface area contributed by atoms with Gasteiger partial charge in [-0.05, 0) is 79.2 Å². The number of carbonyl (C=O) groups is 4. The average molecular weight is 630 g/mol. The molecule has 0 aliphatic rings. The van der Waals surface area contributed by atoms with Crippen molar-refractivity contribution in [2.24, 2.45) is 0 Å². The minimum absolute atomic E-state index is 0.0154. The number of halogens is 1. The average Bonchev–Trinajstić information content (AvgIpc) is 3.02. The summed E-state index contributed by atoms with van der Waals surface area (Å²) in [4.78, 5) is 51.3. The first-order valence-corrected chi connectivity index (χ1v) is 14.5. The molecule has 224 valence electrons. The van der Waals surface area contributed by atoms with Gasteiger partial charge >= 0.3 is 5.97 Å². The van der Waals surface area contributed by atoms with E-state index in [1.54, 1.807) is 91.9 Å². The maximum atomic E-state index is 13.4. The summed E-state index contributed by atoms with van der Waals surface area (Å²) in [7, 11) is 1.54. The summed E-state index contributed by atoms with van der Waals surface area (Å²) in [6, 6.07) is 26.7. The molecule has 4 aromatic carbocycles. The van der Waals surface area contributed by atoms with Crippen molar-refractivity contribution in [2.45, 2.75) is 17.1 Å². The Kier molecular flexibility index (Phi) is 10.8. The van der Waals surface area contributed by atoms with Gasteiger partial charge in [-0.1, -0.05) is 48.0 Å². The molecular formula is C33H28ClN3O6S. The maximum absolute atomic E-state index is 13.4. The van der Waals surface area contributed by atoms with Crippen LogP contribution in [0, 0.1) is 0 Å². The van der Waals surface area contributed by atoms with E-state index in [-0.39, 0.29) is 22.2 Å². The molecule has 1 unspecified atom stereocenters. The van der Waals surface area contributed by atoms with E-state index in [0.29, 0.717) is 33.1 Å². The first-order valence-electron chi connectivity index (χ1n) is 13.3. The molecule has 1 atom stereocenters. The Labute approximate surface area is 263 Å². The fourth-order valence-corrected chi connectivity index (χ4v) is 5.08. The fraction of sp³-hybridized carbons (Fsp3) is 0.0909. The topological polar surface area (TPSA) is 134 Å². The standard InChI is InChI=1S/C33H28ClN3O6S/c1-20(30(38)35-24-14-15-28(34)27(19-24)33(41)42)44-26-13-7-11-23(18-26)36-32(40)29(17-21-8-6-12-25(16-21)43-2)37-31(39)22-9-4-3-5-10-22/h3-20H,1-2H3,(H,35,38)(H,36,40)(H,37,39)(H,41,42)/b29-17-. The molecule has 4 N–H and O–H groups in total. The molecule has 4 aromatic rings. The Bertz CT molecular complexity index is 1730. The van der Waals surface area contributed by atoms with Crippen molar-refractivity contribution in [1.29, 1.82) is 0 Å². The molecule has 0 aliphatic carbocycles. The molecule has 0 bridgehead atoms. The number of anilines is 2. The Hall–Kier alpha value is -5.06. The second kappa shape index (κ2) is 14.9. The minimum Gasteiger partial charge on any atom is -0.497 e. The van der Waals surface area contributed by atoms with Crippen LogP contribution in [-0.2, 0) is 9.59 Å². The number of rotatable bonds is 11. The summed E-state index contributed by atoms with van der Waals surface area (Å²) >= 11 is 7.16.